The highest BCUT2D eigenvalue weighted by Gasteiger charge is 2.36. The molecule has 0 amide bonds. The molecule has 0 saturated carbocycles. The van der Waals surface area contributed by atoms with Crippen LogP contribution in [-0.4, -0.2) is 20.9 Å². The minimum atomic E-state index is -4.68. The maximum absolute atomic E-state index is 12.9. The van der Waals surface area contributed by atoms with Gasteiger partial charge in [0, 0.05) is 5.56 Å². The van der Waals surface area contributed by atoms with Gasteiger partial charge in [0.05, 0.1) is 10.2 Å². The lowest BCUT2D eigenvalue weighted by molar-refractivity contribution is -0.144. The van der Waals surface area contributed by atoms with Gasteiger partial charge >= 0.3 is 6.18 Å². The topological polar surface area (TPSA) is 58.4 Å². The Morgan fingerprint density at radius 3 is 2.45 bits per heavy atom. The number of nitrogens with zero attached hydrogens (tertiary/aromatic N) is 3. The fourth-order valence-electron chi connectivity index (χ4n) is 1.99. The van der Waals surface area contributed by atoms with Crippen molar-refractivity contribution in [3.63, 3.8) is 0 Å². The standard InChI is InChI=1S/C14H8F3N3OS/c15-14(16,17)13-18-9-6-7-22-12(9)11(19-13)10(20-21)8-4-2-1-3-5-8/h1-7,21H. The van der Waals surface area contributed by atoms with E-state index in [1.165, 1.54) is 17.4 Å². The van der Waals surface area contributed by atoms with Crippen LogP contribution in [0.25, 0.3) is 10.2 Å². The molecule has 0 unspecified atom stereocenters. The molecule has 0 radical (unpaired) electrons. The van der Waals surface area contributed by atoms with Gasteiger partial charge < -0.3 is 5.21 Å². The van der Waals surface area contributed by atoms with Crippen LogP contribution in [0.15, 0.2) is 46.9 Å². The first kappa shape index (κ1) is 14.5. The Bertz CT molecular complexity index is 843. The van der Waals surface area contributed by atoms with Crippen LogP contribution in [0.4, 0.5) is 13.2 Å². The van der Waals surface area contributed by atoms with Crippen LogP contribution in [0.5, 0.6) is 0 Å². The van der Waals surface area contributed by atoms with Crippen LogP contribution in [0.2, 0.25) is 0 Å². The Morgan fingerprint density at radius 1 is 1.09 bits per heavy atom. The van der Waals surface area contributed by atoms with Gasteiger partial charge in [-0.15, -0.1) is 11.3 Å². The van der Waals surface area contributed by atoms with Crippen molar-refractivity contribution in [2.75, 3.05) is 0 Å². The quantitative estimate of drug-likeness (QED) is 0.441. The van der Waals surface area contributed by atoms with E-state index in [9.17, 15) is 18.4 Å². The largest absolute Gasteiger partial charge is 0.451 e. The molecule has 0 aliphatic heterocycles. The van der Waals surface area contributed by atoms with Gasteiger partial charge in [-0.2, -0.15) is 13.2 Å². The summed E-state index contributed by atoms with van der Waals surface area (Å²) in [5.74, 6) is -1.26. The van der Waals surface area contributed by atoms with E-state index in [4.69, 9.17) is 0 Å². The number of aromatic nitrogens is 2. The molecule has 4 nitrogen and oxygen atoms in total. The molecule has 22 heavy (non-hydrogen) atoms. The molecule has 1 aromatic carbocycles. The predicted molar refractivity (Wildman–Crippen MR) is 76.3 cm³/mol. The molecule has 0 fully saturated rings. The molecule has 0 bridgehead atoms. The zero-order valence-corrected chi connectivity index (χ0v) is 11.7. The van der Waals surface area contributed by atoms with E-state index in [0.29, 0.717) is 10.3 Å². The lowest BCUT2D eigenvalue weighted by atomic mass is 10.1. The zero-order valence-electron chi connectivity index (χ0n) is 10.9. The van der Waals surface area contributed by atoms with E-state index in [-0.39, 0.29) is 16.9 Å². The maximum Gasteiger partial charge on any atom is 0.451 e. The SMILES string of the molecule is ON=C(c1ccccc1)c1nc(C(F)(F)F)nc2ccsc12. The smallest absolute Gasteiger partial charge is 0.410 e. The predicted octanol–water partition coefficient (Wildman–Crippen LogP) is 3.94. The first-order chi connectivity index (χ1) is 10.5. The van der Waals surface area contributed by atoms with Crippen LogP contribution in [-0.2, 0) is 6.18 Å². The molecule has 3 rings (SSSR count). The number of halogens is 3. The van der Waals surface area contributed by atoms with Crippen molar-refractivity contribution < 1.29 is 18.4 Å². The third-order valence-electron chi connectivity index (χ3n) is 2.93. The summed E-state index contributed by atoms with van der Waals surface area (Å²) in [6.45, 7) is 0. The van der Waals surface area contributed by atoms with Gasteiger partial charge in [-0.05, 0) is 11.4 Å². The monoisotopic (exact) mass is 323 g/mol. The number of hydrogen-bond acceptors (Lipinski definition) is 5. The molecule has 0 aliphatic rings. The van der Waals surface area contributed by atoms with Gasteiger partial charge in [-0.25, -0.2) is 9.97 Å². The van der Waals surface area contributed by atoms with E-state index in [0.717, 1.165) is 0 Å². The first-order valence-corrected chi connectivity index (χ1v) is 6.99. The van der Waals surface area contributed by atoms with Crippen molar-refractivity contribution in [1.29, 1.82) is 0 Å². The van der Waals surface area contributed by atoms with E-state index in [2.05, 4.69) is 15.1 Å². The highest BCUT2D eigenvalue weighted by molar-refractivity contribution is 7.17. The summed E-state index contributed by atoms with van der Waals surface area (Å²) in [5, 5.41) is 14.0. The lowest BCUT2D eigenvalue weighted by Crippen LogP contribution is -2.15. The summed E-state index contributed by atoms with van der Waals surface area (Å²) >= 11 is 1.19. The van der Waals surface area contributed by atoms with Gasteiger partial charge in [-0.3, -0.25) is 0 Å². The van der Waals surface area contributed by atoms with Crippen molar-refractivity contribution in [1.82, 2.24) is 9.97 Å². The average molecular weight is 323 g/mol. The number of benzene rings is 1. The Kier molecular flexibility index (Phi) is 3.53. The summed E-state index contributed by atoms with van der Waals surface area (Å²) in [6, 6.07) is 9.87. The Hall–Kier alpha value is -2.48. The molecule has 2 heterocycles. The van der Waals surface area contributed by atoms with Crippen LogP contribution in [0, 0.1) is 0 Å². The molecule has 0 atom stereocenters. The summed E-state index contributed by atoms with van der Waals surface area (Å²) in [5.41, 5.74) is 0.563. The van der Waals surface area contributed by atoms with Crippen LogP contribution in [0.1, 0.15) is 17.1 Å². The summed E-state index contributed by atoms with van der Waals surface area (Å²) < 4.78 is 39.3. The number of thiophene rings is 1. The van der Waals surface area contributed by atoms with Crippen LogP contribution in [0.3, 0.4) is 0 Å². The lowest BCUT2D eigenvalue weighted by Gasteiger charge is -2.09. The van der Waals surface area contributed by atoms with Gasteiger partial charge in [0.2, 0.25) is 5.82 Å². The summed E-state index contributed by atoms with van der Waals surface area (Å²) in [7, 11) is 0. The molecule has 3 aromatic rings. The zero-order chi connectivity index (χ0) is 15.7. The second kappa shape index (κ2) is 5.38. The molecule has 1 N–H and O–H groups in total. The Morgan fingerprint density at radius 2 is 1.82 bits per heavy atom. The summed E-state index contributed by atoms with van der Waals surface area (Å²) in [6.07, 6.45) is -4.68. The molecular weight excluding hydrogens is 315 g/mol. The van der Waals surface area contributed by atoms with Gasteiger partial charge in [0.15, 0.2) is 0 Å². The number of hydrogen-bond donors (Lipinski definition) is 1. The first-order valence-electron chi connectivity index (χ1n) is 6.11. The molecular formula is C14H8F3N3OS. The summed E-state index contributed by atoms with van der Waals surface area (Å²) in [4.78, 5) is 7.09. The van der Waals surface area contributed by atoms with Gasteiger partial charge in [-0.1, -0.05) is 35.5 Å². The van der Waals surface area contributed by atoms with Crippen molar-refractivity contribution in [3.8, 4) is 0 Å². The normalized spacial score (nSPS) is 12.8. The third kappa shape index (κ3) is 2.52. The van der Waals surface area contributed by atoms with E-state index in [1.54, 1.807) is 35.7 Å². The molecule has 0 saturated heterocycles. The Labute approximate surface area is 126 Å². The van der Waals surface area contributed by atoms with E-state index < -0.39 is 12.0 Å². The number of fused-ring (bicyclic) bond motifs is 1. The van der Waals surface area contributed by atoms with Crippen LogP contribution < -0.4 is 0 Å². The number of alkyl halides is 3. The fourth-order valence-corrected chi connectivity index (χ4v) is 2.81. The second-order valence-electron chi connectivity index (χ2n) is 4.34. The minimum absolute atomic E-state index is 0.0269. The highest BCUT2D eigenvalue weighted by Crippen LogP contribution is 2.31. The van der Waals surface area contributed by atoms with Gasteiger partial charge in [0.25, 0.3) is 0 Å². The maximum atomic E-state index is 12.9. The third-order valence-corrected chi connectivity index (χ3v) is 3.84. The van der Waals surface area contributed by atoms with Crippen molar-refractivity contribution in [2.24, 2.45) is 5.16 Å². The van der Waals surface area contributed by atoms with Crippen molar-refractivity contribution >= 4 is 27.3 Å². The van der Waals surface area contributed by atoms with E-state index in [1.807, 2.05) is 0 Å². The average Bonchev–Trinajstić information content (AvgIpc) is 2.96. The fraction of sp³-hybridized carbons (Fsp3) is 0.0714. The Balaban J connectivity index is 2.27. The molecule has 0 aliphatic carbocycles. The molecule has 0 spiro atoms. The highest BCUT2D eigenvalue weighted by atomic mass is 32.1. The van der Waals surface area contributed by atoms with Gasteiger partial charge in [0.1, 0.15) is 11.4 Å². The number of oxime groups is 1. The number of rotatable bonds is 2. The molecule has 8 heteroatoms. The van der Waals surface area contributed by atoms with Crippen molar-refractivity contribution in [2.45, 2.75) is 6.18 Å². The molecule has 112 valence electrons. The molecule has 2 aromatic heterocycles. The minimum Gasteiger partial charge on any atom is -0.410 e. The van der Waals surface area contributed by atoms with E-state index >= 15 is 0 Å². The second-order valence-corrected chi connectivity index (χ2v) is 5.26. The van der Waals surface area contributed by atoms with Crippen molar-refractivity contribution in [3.05, 3.63) is 58.9 Å². The van der Waals surface area contributed by atoms with Crippen LogP contribution >= 0.6 is 11.3 Å².